The van der Waals surface area contributed by atoms with Crippen molar-refractivity contribution < 1.29 is 18.4 Å². The summed E-state index contributed by atoms with van der Waals surface area (Å²) in [7, 11) is 4.08. The van der Waals surface area contributed by atoms with Gasteiger partial charge in [0.05, 0.1) is 12.1 Å². The van der Waals surface area contributed by atoms with Gasteiger partial charge in [-0.2, -0.15) is 18.2 Å². The lowest BCUT2D eigenvalue weighted by molar-refractivity contribution is -0.137. The average Bonchev–Trinajstić information content (AvgIpc) is 3.41. The number of anilines is 2. The van der Waals surface area contributed by atoms with E-state index in [0.29, 0.717) is 34.4 Å². The number of halogens is 3. The van der Waals surface area contributed by atoms with Crippen LogP contribution in [0.2, 0.25) is 0 Å². The second kappa shape index (κ2) is 11.0. The predicted molar refractivity (Wildman–Crippen MR) is 152 cm³/mol. The zero-order valence-corrected chi connectivity index (χ0v) is 23.9. The highest BCUT2D eigenvalue weighted by atomic mass is 19.4. The van der Waals surface area contributed by atoms with E-state index in [2.05, 4.69) is 51.1 Å². The molecule has 0 amide bonds. The van der Waals surface area contributed by atoms with E-state index < -0.39 is 11.7 Å². The third-order valence-electron chi connectivity index (χ3n) is 8.47. The number of hydrogen-bond acceptors (Lipinski definition) is 8. The summed E-state index contributed by atoms with van der Waals surface area (Å²) in [5, 5.41) is 16.0. The molecule has 4 N–H and O–H groups in total. The topological polar surface area (TPSA) is 121 Å². The van der Waals surface area contributed by atoms with Gasteiger partial charge in [0.25, 0.3) is 0 Å². The van der Waals surface area contributed by atoms with Crippen molar-refractivity contribution in [2.45, 2.75) is 58.3 Å². The Balaban J connectivity index is 1.62. The van der Waals surface area contributed by atoms with E-state index in [1.165, 1.54) is 18.6 Å². The van der Waals surface area contributed by atoms with Crippen molar-refractivity contribution in [3.8, 4) is 0 Å². The van der Waals surface area contributed by atoms with Gasteiger partial charge in [-0.05, 0) is 68.8 Å². The van der Waals surface area contributed by atoms with Gasteiger partial charge in [-0.25, -0.2) is 9.97 Å². The fourth-order valence-corrected chi connectivity index (χ4v) is 6.02. The molecule has 2 aromatic heterocycles. The SMILES string of the molecule is C[C@@H](Nc1nc(/C(N)=N/O)nc2nc(N(C)CC3(C)CCN(C)C3)n(Cc3ccc(C(F)(F)F)cc3)c12)C1CCC1. The third kappa shape index (κ3) is 6.04. The van der Waals surface area contributed by atoms with Gasteiger partial charge in [0.1, 0.15) is 5.52 Å². The molecular formula is C28H38F3N9O. The molecule has 41 heavy (non-hydrogen) atoms. The van der Waals surface area contributed by atoms with Crippen molar-refractivity contribution in [1.82, 2.24) is 24.4 Å². The van der Waals surface area contributed by atoms with Crippen LogP contribution >= 0.6 is 0 Å². The fourth-order valence-electron chi connectivity index (χ4n) is 6.02. The molecule has 10 nitrogen and oxygen atoms in total. The van der Waals surface area contributed by atoms with Gasteiger partial charge >= 0.3 is 6.18 Å². The first-order valence-corrected chi connectivity index (χ1v) is 14.0. The molecule has 2 fully saturated rings. The average molecular weight is 574 g/mol. The highest BCUT2D eigenvalue weighted by Gasteiger charge is 2.35. The lowest BCUT2D eigenvalue weighted by Crippen LogP contribution is -2.36. The van der Waals surface area contributed by atoms with Gasteiger partial charge in [-0.1, -0.05) is 30.6 Å². The summed E-state index contributed by atoms with van der Waals surface area (Å²) in [6, 6.07) is 5.27. The lowest BCUT2D eigenvalue weighted by atomic mass is 9.80. The minimum atomic E-state index is -4.41. The number of hydrogen-bond donors (Lipinski definition) is 3. The van der Waals surface area contributed by atoms with Gasteiger partial charge < -0.3 is 30.6 Å². The van der Waals surface area contributed by atoms with Crippen LogP contribution in [0.1, 0.15) is 56.5 Å². The molecule has 1 saturated carbocycles. The predicted octanol–water partition coefficient (Wildman–Crippen LogP) is 4.37. The molecule has 2 aliphatic rings. The molecule has 3 heterocycles. The Labute approximate surface area is 237 Å². The molecule has 2 atom stereocenters. The third-order valence-corrected chi connectivity index (χ3v) is 8.47. The highest BCUT2D eigenvalue weighted by molar-refractivity contribution is 5.97. The first-order valence-electron chi connectivity index (χ1n) is 14.0. The number of oxime groups is 1. The van der Waals surface area contributed by atoms with Crippen LogP contribution in [0.4, 0.5) is 24.9 Å². The molecule has 1 aliphatic carbocycles. The molecule has 222 valence electrons. The molecule has 5 rings (SSSR count). The summed E-state index contributed by atoms with van der Waals surface area (Å²) in [6.07, 6.45) is 0.0252. The molecule has 0 spiro atoms. The number of fused-ring (bicyclic) bond motifs is 1. The number of nitrogens with two attached hydrogens (primary N) is 1. The molecular weight excluding hydrogens is 535 g/mol. The van der Waals surface area contributed by atoms with Crippen molar-refractivity contribution >= 4 is 28.8 Å². The second-order valence-corrected chi connectivity index (χ2v) is 12.0. The number of amidine groups is 1. The number of imidazole rings is 1. The Kier molecular flexibility index (Phi) is 7.75. The van der Waals surface area contributed by atoms with E-state index in [1.807, 2.05) is 11.6 Å². The van der Waals surface area contributed by atoms with Crippen LogP contribution in [-0.2, 0) is 12.7 Å². The maximum absolute atomic E-state index is 13.3. The summed E-state index contributed by atoms with van der Waals surface area (Å²) in [6.45, 7) is 7.27. The largest absolute Gasteiger partial charge is 0.416 e. The molecule has 1 saturated heterocycles. The number of aromatic nitrogens is 4. The summed E-state index contributed by atoms with van der Waals surface area (Å²) in [4.78, 5) is 18.4. The maximum Gasteiger partial charge on any atom is 0.416 e. The summed E-state index contributed by atoms with van der Waals surface area (Å²) < 4.78 is 41.7. The van der Waals surface area contributed by atoms with Crippen molar-refractivity contribution in [2.75, 3.05) is 43.9 Å². The van der Waals surface area contributed by atoms with Crippen LogP contribution in [-0.4, -0.2) is 75.2 Å². The molecule has 1 unspecified atom stereocenters. The fraction of sp³-hybridized carbons (Fsp3) is 0.571. The van der Waals surface area contributed by atoms with Crippen LogP contribution in [0.15, 0.2) is 29.4 Å². The maximum atomic E-state index is 13.3. The van der Waals surface area contributed by atoms with Crippen molar-refractivity contribution in [1.29, 1.82) is 0 Å². The smallest absolute Gasteiger partial charge is 0.409 e. The first kappa shape index (κ1) is 28.9. The molecule has 1 aromatic carbocycles. The Morgan fingerprint density at radius 3 is 2.51 bits per heavy atom. The second-order valence-electron chi connectivity index (χ2n) is 12.0. The van der Waals surface area contributed by atoms with Crippen molar-refractivity contribution in [3.05, 3.63) is 41.2 Å². The van der Waals surface area contributed by atoms with Crippen molar-refractivity contribution in [3.63, 3.8) is 0 Å². The zero-order chi connectivity index (χ0) is 29.5. The van der Waals surface area contributed by atoms with Crippen molar-refractivity contribution in [2.24, 2.45) is 22.2 Å². The van der Waals surface area contributed by atoms with E-state index in [0.717, 1.165) is 51.0 Å². The molecule has 13 heteroatoms. The summed E-state index contributed by atoms with van der Waals surface area (Å²) in [5.41, 5.74) is 6.88. The monoisotopic (exact) mass is 573 g/mol. The number of nitrogens with zero attached hydrogens (tertiary/aromatic N) is 7. The molecule has 1 aliphatic heterocycles. The molecule has 0 radical (unpaired) electrons. The number of benzene rings is 1. The van der Waals surface area contributed by atoms with Gasteiger partial charge in [-0.3, -0.25) is 0 Å². The van der Waals surface area contributed by atoms with Gasteiger partial charge in [0, 0.05) is 26.2 Å². The Morgan fingerprint density at radius 1 is 1.24 bits per heavy atom. The van der Waals surface area contributed by atoms with Crippen LogP contribution in [0.3, 0.4) is 0 Å². The van der Waals surface area contributed by atoms with Crippen LogP contribution in [0, 0.1) is 11.3 Å². The van der Waals surface area contributed by atoms with Gasteiger partial charge in [-0.15, -0.1) is 0 Å². The van der Waals surface area contributed by atoms with Gasteiger partial charge in [0.15, 0.2) is 11.5 Å². The van der Waals surface area contributed by atoms with Crippen LogP contribution < -0.4 is 16.0 Å². The number of alkyl halides is 3. The Morgan fingerprint density at radius 2 is 1.95 bits per heavy atom. The van der Waals surface area contributed by atoms with Crippen LogP contribution in [0.5, 0.6) is 0 Å². The number of rotatable bonds is 9. The molecule has 0 bridgehead atoms. The van der Waals surface area contributed by atoms with E-state index in [1.54, 1.807) is 0 Å². The van der Waals surface area contributed by atoms with Gasteiger partial charge in [0.2, 0.25) is 17.6 Å². The first-order chi connectivity index (χ1) is 19.4. The molecule has 3 aromatic rings. The zero-order valence-electron chi connectivity index (χ0n) is 23.9. The minimum Gasteiger partial charge on any atom is -0.409 e. The summed E-state index contributed by atoms with van der Waals surface area (Å²) in [5.74, 6) is 1.39. The van der Waals surface area contributed by atoms with E-state index in [4.69, 9.17) is 10.7 Å². The highest BCUT2D eigenvalue weighted by Crippen LogP contribution is 2.36. The van der Waals surface area contributed by atoms with Crippen LogP contribution in [0.25, 0.3) is 11.2 Å². The van der Waals surface area contributed by atoms with E-state index in [-0.39, 0.29) is 29.7 Å². The number of likely N-dealkylation sites (tertiary alicyclic amines) is 1. The lowest BCUT2D eigenvalue weighted by Gasteiger charge is -2.32. The quantitative estimate of drug-likeness (QED) is 0.149. The Hall–Kier alpha value is -3.61. The standard InChI is InChI=1S/C28H38F3N9O/c1-17(19-6-5-7-19)33-23-21-24(35-25(34-23)22(32)37-41)36-26(39(4)16-27(2)12-13-38(3)15-27)40(21)14-18-8-10-20(11-9-18)28(29,30)31/h8-11,17,19,41H,5-7,12-16H2,1-4H3,(H2,32,37)(H,33,34,35)/t17-,27?/m1/s1. The normalized spacial score (nSPS) is 21.3. The minimum absolute atomic E-state index is 0.0332. The van der Waals surface area contributed by atoms with E-state index in [9.17, 15) is 18.4 Å². The number of nitrogens with one attached hydrogen (secondary N) is 1. The summed E-state index contributed by atoms with van der Waals surface area (Å²) >= 11 is 0. The Bertz CT molecular complexity index is 1420. The van der Waals surface area contributed by atoms with E-state index >= 15 is 0 Å².